The van der Waals surface area contributed by atoms with E-state index >= 15 is 0 Å². The summed E-state index contributed by atoms with van der Waals surface area (Å²) in [6.07, 6.45) is 0. The predicted molar refractivity (Wildman–Crippen MR) is 113 cm³/mol. The molecule has 0 bridgehead atoms. The molecule has 1 atom stereocenters. The zero-order valence-corrected chi connectivity index (χ0v) is 16.9. The first-order valence-corrected chi connectivity index (χ1v) is 10.2. The number of carbonyl (C=O) groups is 1. The molecule has 2 aromatic carbocycles. The van der Waals surface area contributed by atoms with Crippen molar-refractivity contribution in [2.24, 2.45) is 9.98 Å². The molecule has 0 saturated carbocycles. The van der Waals surface area contributed by atoms with E-state index in [-0.39, 0.29) is 17.4 Å². The highest BCUT2D eigenvalue weighted by Gasteiger charge is 2.39. The summed E-state index contributed by atoms with van der Waals surface area (Å²) < 4.78 is 0. The number of benzene rings is 2. The number of para-hydroxylation sites is 1. The van der Waals surface area contributed by atoms with E-state index in [1.54, 1.807) is 16.7 Å². The number of thioether (sulfide) groups is 1. The summed E-state index contributed by atoms with van der Waals surface area (Å²) in [5.74, 6) is 1.48. The van der Waals surface area contributed by atoms with Gasteiger partial charge in [-0.1, -0.05) is 68.9 Å². The monoisotopic (exact) mass is 377 g/mol. The summed E-state index contributed by atoms with van der Waals surface area (Å²) in [6, 6.07) is 16.2. The number of carbonyl (C=O) groups excluding carboxylic acids is 1. The molecule has 0 unspecified atom stereocenters. The van der Waals surface area contributed by atoms with E-state index in [4.69, 9.17) is 4.99 Å². The van der Waals surface area contributed by atoms with Gasteiger partial charge in [0, 0.05) is 11.3 Å². The predicted octanol–water partition coefficient (Wildman–Crippen LogP) is 4.90. The number of nitrogens with zero attached hydrogens (tertiary/aromatic N) is 3. The van der Waals surface area contributed by atoms with Crippen LogP contribution in [0.4, 0.5) is 5.69 Å². The van der Waals surface area contributed by atoms with Crippen molar-refractivity contribution >= 4 is 34.4 Å². The molecule has 27 heavy (non-hydrogen) atoms. The first kappa shape index (κ1) is 18.0. The average Bonchev–Trinajstić information content (AvgIpc) is 2.95. The maximum atomic E-state index is 12.6. The maximum Gasteiger partial charge on any atom is 0.258 e. The fourth-order valence-electron chi connectivity index (χ4n) is 3.22. The van der Waals surface area contributed by atoms with Gasteiger partial charge in [0.25, 0.3) is 5.91 Å². The number of rotatable bonds is 2. The number of aliphatic imine (C=N–C) groups is 2. The molecule has 0 fully saturated rings. The third kappa shape index (κ3) is 3.32. The van der Waals surface area contributed by atoms with Gasteiger partial charge in [0.1, 0.15) is 11.9 Å². The van der Waals surface area contributed by atoms with E-state index in [9.17, 15) is 4.79 Å². The van der Waals surface area contributed by atoms with Crippen LogP contribution >= 0.6 is 11.8 Å². The van der Waals surface area contributed by atoms with Crippen LogP contribution in [0.3, 0.4) is 0 Å². The Kier molecular flexibility index (Phi) is 4.42. The van der Waals surface area contributed by atoms with E-state index in [1.807, 2.05) is 31.2 Å². The van der Waals surface area contributed by atoms with Crippen LogP contribution in [0.25, 0.3) is 0 Å². The minimum Gasteiger partial charge on any atom is -0.272 e. The Labute approximate surface area is 164 Å². The molecule has 0 saturated heterocycles. The molecule has 1 amide bonds. The molecular weight excluding hydrogens is 354 g/mol. The van der Waals surface area contributed by atoms with Crippen molar-refractivity contribution in [2.45, 2.75) is 44.9 Å². The first-order chi connectivity index (χ1) is 12.8. The van der Waals surface area contributed by atoms with Crippen LogP contribution in [0.2, 0.25) is 0 Å². The second-order valence-electron chi connectivity index (χ2n) is 7.95. The number of amides is 1. The van der Waals surface area contributed by atoms with Gasteiger partial charge in [0.15, 0.2) is 5.17 Å². The molecule has 0 aliphatic carbocycles. The molecule has 2 aromatic rings. The molecule has 0 spiro atoms. The largest absolute Gasteiger partial charge is 0.272 e. The van der Waals surface area contributed by atoms with Crippen LogP contribution < -0.4 is 0 Å². The second kappa shape index (κ2) is 6.64. The van der Waals surface area contributed by atoms with Crippen LogP contribution in [0, 0.1) is 0 Å². The molecule has 138 valence electrons. The van der Waals surface area contributed by atoms with Crippen molar-refractivity contribution in [3.8, 4) is 0 Å². The molecule has 0 radical (unpaired) electrons. The van der Waals surface area contributed by atoms with Crippen molar-refractivity contribution in [3.63, 3.8) is 0 Å². The van der Waals surface area contributed by atoms with Crippen molar-refractivity contribution in [1.29, 1.82) is 0 Å². The van der Waals surface area contributed by atoms with Gasteiger partial charge in [0.05, 0.1) is 5.69 Å². The molecule has 2 aliphatic rings. The molecule has 4 nitrogen and oxygen atoms in total. The summed E-state index contributed by atoms with van der Waals surface area (Å²) in [5.41, 5.74) is 4.48. The summed E-state index contributed by atoms with van der Waals surface area (Å²) in [6.45, 7) is 8.48. The molecule has 4 rings (SSSR count). The van der Waals surface area contributed by atoms with E-state index in [0.717, 1.165) is 22.8 Å². The molecule has 2 heterocycles. The third-order valence-electron chi connectivity index (χ3n) is 4.85. The van der Waals surface area contributed by atoms with Gasteiger partial charge >= 0.3 is 0 Å². The number of fused-ring (bicyclic) bond motifs is 3. The minimum atomic E-state index is -0.358. The molecule has 0 aromatic heterocycles. The molecule has 2 aliphatic heterocycles. The SMILES string of the molecule is C[C@H]1N=C2c3ccccc3N=C(SCc3ccc(C(C)(C)C)cc3)N2C1=O. The van der Waals surface area contributed by atoms with Gasteiger partial charge in [0.2, 0.25) is 0 Å². The van der Waals surface area contributed by atoms with Crippen molar-refractivity contribution in [3.05, 3.63) is 65.2 Å². The summed E-state index contributed by atoms with van der Waals surface area (Å²) in [7, 11) is 0. The Bertz CT molecular complexity index is 954. The highest BCUT2D eigenvalue weighted by Crippen LogP contribution is 2.34. The summed E-state index contributed by atoms with van der Waals surface area (Å²) in [4.78, 5) is 23.6. The highest BCUT2D eigenvalue weighted by atomic mass is 32.2. The van der Waals surface area contributed by atoms with Gasteiger partial charge in [-0.15, -0.1) is 0 Å². The topological polar surface area (TPSA) is 45.0 Å². The Hall–Kier alpha value is -2.40. The van der Waals surface area contributed by atoms with Gasteiger partial charge in [-0.2, -0.15) is 0 Å². The standard InChI is InChI=1S/C22H23N3OS/c1-14-20(26)25-19(23-14)17-7-5-6-8-18(17)24-21(25)27-13-15-9-11-16(12-10-15)22(2,3)4/h5-12,14H,13H2,1-4H3/t14-/m1/s1. The fraction of sp³-hybridized carbons (Fsp3) is 0.318. The van der Waals surface area contributed by atoms with Crippen LogP contribution in [-0.2, 0) is 16.0 Å². The van der Waals surface area contributed by atoms with Crippen LogP contribution in [0.5, 0.6) is 0 Å². The quantitative estimate of drug-likeness (QED) is 0.747. The summed E-state index contributed by atoms with van der Waals surface area (Å²) in [5, 5.41) is 0.710. The lowest BCUT2D eigenvalue weighted by molar-refractivity contribution is -0.124. The van der Waals surface area contributed by atoms with Gasteiger partial charge in [-0.05, 0) is 35.6 Å². The van der Waals surface area contributed by atoms with E-state index < -0.39 is 0 Å². The Morgan fingerprint density at radius 2 is 1.78 bits per heavy atom. The van der Waals surface area contributed by atoms with Crippen LogP contribution in [0.15, 0.2) is 58.5 Å². The lowest BCUT2D eigenvalue weighted by atomic mass is 9.87. The van der Waals surface area contributed by atoms with Gasteiger partial charge in [-0.25, -0.2) is 9.89 Å². The van der Waals surface area contributed by atoms with Crippen LogP contribution in [-0.4, -0.2) is 27.9 Å². The van der Waals surface area contributed by atoms with E-state index in [1.165, 1.54) is 11.1 Å². The Morgan fingerprint density at radius 3 is 2.48 bits per heavy atom. The lowest BCUT2D eigenvalue weighted by Gasteiger charge is -2.25. The highest BCUT2D eigenvalue weighted by molar-refractivity contribution is 8.13. The van der Waals surface area contributed by atoms with Crippen molar-refractivity contribution in [2.75, 3.05) is 0 Å². The third-order valence-corrected chi connectivity index (χ3v) is 5.86. The van der Waals surface area contributed by atoms with Crippen LogP contribution in [0.1, 0.15) is 44.4 Å². The zero-order chi connectivity index (χ0) is 19.2. The van der Waals surface area contributed by atoms with E-state index in [2.05, 4.69) is 50.0 Å². The smallest absolute Gasteiger partial charge is 0.258 e. The Balaban J connectivity index is 1.59. The Morgan fingerprint density at radius 1 is 1.07 bits per heavy atom. The molecular formula is C22H23N3OS. The summed E-state index contributed by atoms with van der Waals surface area (Å²) >= 11 is 1.58. The van der Waals surface area contributed by atoms with Crippen molar-refractivity contribution < 1.29 is 4.79 Å². The lowest BCUT2D eigenvalue weighted by Crippen LogP contribution is -2.40. The number of hydrogen-bond acceptors (Lipinski definition) is 4. The average molecular weight is 378 g/mol. The number of hydrogen-bond donors (Lipinski definition) is 0. The number of amidine groups is 2. The van der Waals surface area contributed by atoms with E-state index in [0.29, 0.717) is 5.17 Å². The van der Waals surface area contributed by atoms with Gasteiger partial charge in [-0.3, -0.25) is 9.79 Å². The fourth-order valence-corrected chi connectivity index (χ4v) is 4.18. The zero-order valence-electron chi connectivity index (χ0n) is 16.1. The van der Waals surface area contributed by atoms with Gasteiger partial charge < -0.3 is 0 Å². The van der Waals surface area contributed by atoms with Crippen molar-refractivity contribution in [1.82, 2.24) is 4.90 Å². The molecule has 5 heteroatoms. The normalized spacial score (nSPS) is 18.7. The minimum absolute atomic E-state index is 0.00571. The molecule has 0 N–H and O–H groups in total. The maximum absolute atomic E-state index is 12.6. The second-order valence-corrected chi connectivity index (χ2v) is 8.89. The first-order valence-electron chi connectivity index (χ1n) is 9.17.